The Morgan fingerprint density at radius 2 is 1.96 bits per heavy atom. The number of halogens is 3. The van der Waals surface area contributed by atoms with E-state index < -0.39 is 35.9 Å². The number of benzene rings is 1. The van der Waals surface area contributed by atoms with Gasteiger partial charge in [0.2, 0.25) is 0 Å². The number of alkyl halides is 3. The third-order valence-corrected chi connectivity index (χ3v) is 3.51. The maximum atomic E-state index is 13.3. The number of esters is 1. The van der Waals surface area contributed by atoms with Crippen molar-refractivity contribution in [3.05, 3.63) is 35.9 Å². The molecule has 3 N–H and O–H groups in total. The van der Waals surface area contributed by atoms with Crippen molar-refractivity contribution >= 4 is 12.0 Å². The molecule has 0 saturated carbocycles. The van der Waals surface area contributed by atoms with E-state index >= 15 is 0 Å². The predicted molar refractivity (Wildman–Crippen MR) is 72.0 cm³/mol. The Balaban J connectivity index is 2.54. The number of ether oxygens (including phenoxy) is 1. The molecule has 6 nitrogen and oxygen atoms in total. The van der Waals surface area contributed by atoms with Crippen LogP contribution in [0.1, 0.15) is 18.5 Å². The first-order valence-corrected chi connectivity index (χ1v) is 6.80. The highest BCUT2D eigenvalue weighted by atomic mass is 19.4. The molecule has 23 heavy (non-hydrogen) atoms. The lowest BCUT2D eigenvalue weighted by atomic mass is 9.82. The molecule has 9 heteroatoms. The molecule has 1 aliphatic rings. The van der Waals surface area contributed by atoms with Crippen LogP contribution in [0.15, 0.2) is 30.3 Å². The largest absolute Gasteiger partial charge is 0.466 e. The number of urea groups is 1. The third-order valence-electron chi connectivity index (χ3n) is 3.51. The molecule has 2 rings (SSSR count). The smallest absolute Gasteiger partial charge is 0.437 e. The minimum atomic E-state index is -5.27. The van der Waals surface area contributed by atoms with Gasteiger partial charge in [-0.15, -0.1) is 0 Å². The summed E-state index contributed by atoms with van der Waals surface area (Å²) in [5.41, 5.74) is -3.50. The Bertz CT molecular complexity index is 593. The number of hydrogen-bond donors (Lipinski definition) is 3. The van der Waals surface area contributed by atoms with E-state index in [1.807, 2.05) is 0 Å². The van der Waals surface area contributed by atoms with Gasteiger partial charge in [-0.3, -0.25) is 4.79 Å². The SMILES string of the molecule is CCOC(=O)[C@@H]1[C@@H](c2ccccc2)NC(=O)N[C@]1(O)C(F)(F)F. The predicted octanol–water partition coefficient (Wildman–Crippen LogP) is 1.47. The molecule has 0 unspecified atom stereocenters. The molecular formula is C14H15F3N2O4. The average molecular weight is 332 g/mol. The van der Waals surface area contributed by atoms with Crippen LogP contribution in [0.25, 0.3) is 0 Å². The summed E-state index contributed by atoms with van der Waals surface area (Å²) in [6.45, 7) is 1.26. The fourth-order valence-corrected chi connectivity index (χ4v) is 2.47. The first-order chi connectivity index (χ1) is 10.7. The molecule has 0 aliphatic carbocycles. The van der Waals surface area contributed by atoms with Gasteiger partial charge in [0.1, 0.15) is 5.92 Å². The van der Waals surface area contributed by atoms with Crippen molar-refractivity contribution in [1.82, 2.24) is 10.6 Å². The van der Waals surface area contributed by atoms with Gasteiger partial charge in [0.25, 0.3) is 5.72 Å². The van der Waals surface area contributed by atoms with Crippen molar-refractivity contribution < 1.29 is 32.6 Å². The lowest BCUT2D eigenvalue weighted by Crippen LogP contribution is -2.73. The molecule has 3 atom stereocenters. The second-order valence-electron chi connectivity index (χ2n) is 4.98. The zero-order valence-corrected chi connectivity index (χ0v) is 12.1. The maximum Gasteiger partial charge on any atom is 0.437 e. The number of hydrogen-bond acceptors (Lipinski definition) is 4. The summed E-state index contributed by atoms with van der Waals surface area (Å²) < 4.78 is 44.7. The summed E-state index contributed by atoms with van der Waals surface area (Å²) in [7, 11) is 0. The van der Waals surface area contributed by atoms with Crippen molar-refractivity contribution in [3.8, 4) is 0 Å². The van der Waals surface area contributed by atoms with Crippen LogP contribution >= 0.6 is 0 Å². The molecule has 0 radical (unpaired) electrons. The Morgan fingerprint density at radius 3 is 2.48 bits per heavy atom. The summed E-state index contributed by atoms with van der Waals surface area (Å²) in [5, 5.41) is 13.7. The Morgan fingerprint density at radius 1 is 1.35 bits per heavy atom. The fourth-order valence-electron chi connectivity index (χ4n) is 2.47. The number of amides is 2. The van der Waals surface area contributed by atoms with Crippen molar-refractivity contribution in [2.45, 2.75) is 24.9 Å². The Labute approximate surface area is 129 Å². The van der Waals surface area contributed by atoms with Gasteiger partial charge in [0, 0.05) is 0 Å². The van der Waals surface area contributed by atoms with Gasteiger partial charge < -0.3 is 20.5 Å². The van der Waals surface area contributed by atoms with Crippen LogP contribution in [0.3, 0.4) is 0 Å². The molecule has 1 aromatic rings. The topological polar surface area (TPSA) is 87.7 Å². The molecule has 0 bridgehead atoms. The molecule has 1 aliphatic heterocycles. The molecule has 126 valence electrons. The Hall–Kier alpha value is -2.29. The van der Waals surface area contributed by atoms with Crippen molar-refractivity contribution in [3.63, 3.8) is 0 Å². The number of nitrogens with one attached hydrogen (secondary N) is 2. The lowest BCUT2D eigenvalue weighted by Gasteiger charge is -2.44. The van der Waals surface area contributed by atoms with Gasteiger partial charge in [-0.25, -0.2) is 4.79 Å². The quantitative estimate of drug-likeness (QED) is 0.732. The van der Waals surface area contributed by atoms with Gasteiger partial charge in [-0.2, -0.15) is 13.2 Å². The highest BCUT2D eigenvalue weighted by molar-refractivity contribution is 5.83. The molecule has 0 spiro atoms. The zero-order valence-electron chi connectivity index (χ0n) is 12.1. The standard InChI is InChI=1S/C14H15F3N2O4/c1-2-23-11(20)9-10(8-6-4-3-5-7-8)18-12(21)19-13(9,22)14(15,16)17/h3-7,9-10,22H,2H2,1H3,(H2,18,19,21)/t9-,10+,13+/m0/s1. The molecule has 1 aromatic carbocycles. The third kappa shape index (κ3) is 3.09. The average Bonchev–Trinajstić information content (AvgIpc) is 2.46. The van der Waals surface area contributed by atoms with Gasteiger partial charge >= 0.3 is 18.2 Å². The van der Waals surface area contributed by atoms with Gasteiger partial charge in [-0.05, 0) is 12.5 Å². The molecule has 0 aromatic heterocycles. The van der Waals surface area contributed by atoms with Crippen LogP contribution in [0, 0.1) is 5.92 Å². The van der Waals surface area contributed by atoms with Gasteiger partial charge in [0.15, 0.2) is 0 Å². The van der Waals surface area contributed by atoms with Crippen LogP contribution < -0.4 is 10.6 Å². The van der Waals surface area contributed by atoms with E-state index in [0.717, 1.165) is 0 Å². The molecule has 1 saturated heterocycles. The van der Waals surface area contributed by atoms with Crippen LogP contribution in [-0.4, -0.2) is 35.6 Å². The monoisotopic (exact) mass is 332 g/mol. The minimum Gasteiger partial charge on any atom is -0.466 e. The first kappa shape index (κ1) is 17.1. The van der Waals surface area contributed by atoms with Crippen LogP contribution in [0.5, 0.6) is 0 Å². The Kier molecular flexibility index (Phi) is 4.51. The summed E-state index contributed by atoms with van der Waals surface area (Å²) in [6, 6.07) is 4.96. The summed E-state index contributed by atoms with van der Waals surface area (Å²) in [4.78, 5) is 23.7. The lowest BCUT2D eigenvalue weighted by molar-refractivity contribution is -0.294. The second-order valence-corrected chi connectivity index (χ2v) is 4.98. The number of aliphatic hydroxyl groups is 1. The van der Waals surface area contributed by atoms with E-state index in [1.54, 1.807) is 18.2 Å². The number of rotatable bonds is 3. The summed E-state index contributed by atoms with van der Waals surface area (Å²) >= 11 is 0. The van der Waals surface area contributed by atoms with Crippen molar-refractivity contribution in [1.29, 1.82) is 0 Å². The van der Waals surface area contributed by atoms with E-state index in [0.29, 0.717) is 0 Å². The fraction of sp³-hybridized carbons (Fsp3) is 0.429. The molecule has 2 amide bonds. The minimum absolute atomic E-state index is 0.168. The van der Waals surface area contributed by atoms with E-state index in [1.165, 1.54) is 24.4 Å². The second kappa shape index (κ2) is 6.07. The summed E-state index contributed by atoms with van der Waals surface area (Å²) in [6.07, 6.45) is -5.27. The van der Waals surface area contributed by atoms with Crippen LogP contribution in [0.4, 0.5) is 18.0 Å². The van der Waals surface area contributed by atoms with Gasteiger partial charge in [0.05, 0.1) is 12.6 Å². The van der Waals surface area contributed by atoms with Crippen molar-refractivity contribution in [2.24, 2.45) is 5.92 Å². The normalized spacial score (nSPS) is 27.8. The first-order valence-electron chi connectivity index (χ1n) is 6.80. The van der Waals surface area contributed by atoms with Crippen molar-refractivity contribution in [2.75, 3.05) is 6.61 Å². The highest BCUT2D eigenvalue weighted by Crippen LogP contribution is 2.42. The highest BCUT2D eigenvalue weighted by Gasteiger charge is 2.67. The van der Waals surface area contributed by atoms with Gasteiger partial charge in [-0.1, -0.05) is 30.3 Å². The van der Waals surface area contributed by atoms with Crippen LogP contribution in [-0.2, 0) is 9.53 Å². The molecule has 1 heterocycles. The van der Waals surface area contributed by atoms with Crippen LogP contribution in [0.2, 0.25) is 0 Å². The maximum absolute atomic E-state index is 13.3. The zero-order chi connectivity index (χ0) is 17.3. The summed E-state index contributed by atoms with van der Waals surface area (Å²) in [5.74, 6) is -3.36. The van der Waals surface area contributed by atoms with E-state index in [9.17, 15) is 27.9 Å². The number of carbonyl (C=O) groups excluding carboxylic acids is 2. The molecular weight excluding hydrogens is 317 g/mol. The molecule has 1 fully saturated rings. The van der Waals surface area contributed by atoms with E-state index in [4.69, 9.17) is 0 Å². The van der Waals surface area contributed by atoms with E-state index in [2.05, 4.69) is 10.1 Å². The van der Waals surface area contributed by atoms with E-state index in [-0.39, 0.29) is 12.2 Å². The number of carbonyl (C=O) groups is 2.